The van der Waals surface area contributed by atoms with Gasteiger partial charge in [-0.15, -0.1) is 0 Å². The fourth-order valence-electron chi connectivity index (χ4n) is 4.00. The third-order valence-corrected chi connectivity index (χ3v) is 5.41. The number of H-pyrrole nitrogens is 1. The summed E-state index contributed by atoms with van der Waals surface area (Å²) in [6.07, 6.45) is 6.00. The monoisotopic (exact) mass is 331 g/mol. The second-order valence-electron chi connectivity index (χ2n) is 6.87. The van der Waals surface area contributed by atoms with Gasteiger partial charge in [0.2, 0.25) is 5.91 Å². The van der Waals surface area contributed by atoms with E-state index in [1.54, 1.807) is 11.1 Å². The van der Waals surface area contributed by atoms with Gasteiger partial charge in [-0.2, -0.15) is 5.10 Å². The van der Waals surface area contributed by atoms with Gasteiger partial charge in [0, 0.05) is 43.7 Å². The van der Waals surface area contributed by atoms with E-state index in [-0.39, 0.29) is 30.8 Å². The summed E-state index contributed by atoms with van der Waals surface area (Å²) in [5.74, 6) is -0.191. The van der Waals surface area contributed by atoms with Gasteiger partial charge in [-0.3, -0.25) is 19.6 Å². The standard InChI is InChI=1S/C16H21N5O3/c22-13(20-7-3-12-11(10-20)9-17-19-12)4-8-21-14(23)16(18-15(21)24)5-1-2-6-16/h9H,1-8,10H2,(H,17,19)(H,18,24). The average molecular weight is 331 g/mol. The molecule has 4 amide bonds. The zero-order valence-electron chi connectivity index (χ0n) is 13.5. The highest BCUT2D eigenvalue weighted by molar-refractivity contribution is 6.07. The Balaban J connectivity index is 1.36. The minimum atomic E-state index is -0.697. The predicted molar refractivity (Wildman–Crippen MR) is 83.8 cm³/mol. The number of urea groups is 1. The molecular formula is C16H21N5O3. The van der Waals surface area contributed by atoms with Crippen molar-refractivity contribution in [2.45, 2.75) is 50.6 Å². The lowest BCUT2D eigenvalue weighted by atomic mass is 9.98. The van der Waals surface area contributed by atoms with E-state index < -0.39 is 5.54 Å². The van der Waals surface area contributed by atoms with Gasteiger partial charge >= 0.3 is 6.03 Å². The molecule has 3 heterocycles. The summed E-state index contributed by atoms with van der Waals surface area (Å²) in [5, 5.41) is 9.78. The maximum Gasteiger partial charge on any atom is 0.325 e. The highest BCUT2D eigenvalue weighted by Gasteiger charge is 2.52. The fourth-order valence-corrected chi connectivity index (χ4v) is 4.00. The van der Waals surface area contributed by atoms with Crippen LogP contribution in [-0.2, 0) is 22.6 Å². The molecule has 1 aromatic heterocycles. The van der Waals surface area contributed by atoms with E-state index in [4.69, 9.17) is 0 Å². The van der Waals surface area contributed by atoms with Gasteiger partial charge < -0.3 is 10.2 Å². The van der Waals surface area contributed by atoms with Gasteiger partial charge in [0.1, 0.15) is 5.54 Å². The molecule has 8 nitrogen and oxygen atoms in total. The molecule has 1 saturated carbocycles. The van der Waals surface area contributed by atoms with Crippen molar-refractivity contribution in [3.05, 3.63) is 17.5 Å². The van der Waals surface area contributed by atoms with Gasteiger partial charge in [-0.25, -0.2) is 4.79 Å². The smallest absolute Gasteiger partial charge is 0.325 e. The van der Waals surface area contributed by atoms with Gasteiger partial charge in [-0.1, -0.05) is 12.8 Å². The van der Waals surface area contributed by atoms with Crippen molar-refractivity contribution in [1.29, 1.82) is 0 Å². The third-order valence-electron chi connectivity index (χ3n) is 5.41. The Morgan fingerprint density at radius 2 is 2.08 bits per heavy atom. The van der Waals surface area contributed by atoms with Crippen LogP contribution in [0, 0.1) is 0 Å². The molecule has 4 rings (SSSR count). The molecule has 0 unspecified atom stereocenters. The largest absolute Gasteiger partial charge is 0.338 e. The summed E-state index contributed by atoms with van der Waals surface area (Å²) in [6, 6.07) is -0.356. The first-order valence-corrected chi connectivity index (χ1v) is 8.52. The number of carbonyl (C=O) groups excluding carboxylic acids is 3. The normalized spacial score (nSPS) is 22.2. The molecule has 2 aliphatic heterocycles. The summed E-state index contributed by atoms with van der Waals surface area (Å²) >= 11 is 0. The Hall–Kier alpha value is -2.38. The van der Waals surface area contributed by atoms with Gasteiger partial charge in [-0.05, 0) is 12.8 Å². The molecule has 2 fully saturated rings. The molecule has 0 aromatic carbocycles. The van der Waals surface area contributed by atoms with Crippen molar-refractivity contribution in [3.63, 3.8) is 0 Å². The summed E-state index contributed by atoms with van der Waals surface area (Å²) in [6.45, 7) is 1.33. The number of aromatic nitrogens is 2. The number of carbonyl (C=O) groups is 3. The number of nitrogens with one attached hydrogen (secondary N) is 2. The van der Waals surface area contributed by atoms with Crippen molar-refractivity contribution in [1.82, 2.24) is 25.3 Å². The number of hydrogen-bond acceptors (Lipinski definition) is 4. The van der Waals surface area contributed by atoms with Crippen molar-refractivity contribution in [3.8, 4) is 0 Å². The van der Waals surface area contributed by atoms with E-state index in [1.807, 2.05) is 0 Å². The summed E-state index contributed by atoms with van der Waals surface area (Å²) in [5.41, 5.74) is 1.42. The molecule has 1 aliphatic carbocycles. The van der Waals surface area contributed by atoms with E-state index in [9.17, 15) is 14.4 Å². The lowest BCUT2D eigenvalue weighted by molar-refractivity contribution is -0.134. The van der Waals surface area contributed by atoms with E-state index in [0.717, 1.165) is 30.5 Å². The van der Waals surface area contributed by atoms with Crippen molar-refractivity contribution in [2.75, 3.05) is 13.1 Å². The first-order chi connectivity index (χ1) is 11.6. The highest BCUT2D eigenvalue weighted by Crippen LogP contribution is 2.35. The zero-order chi connectivity index (χ0) is 16.7. The van der Waals surface area contributed by atoms with Crippen LogP contribution < -0.4 is 5.32 Å². The Bertz CT molecular complexity index is 692. The van der Waals surface area contributed by atoms with Gasteiger partial charge in [0.15, 0.2) is 0 Å². The van der Waals surface area contributed by atoms with Crippen LogP contribution >= 0.6 is 0 Å². The number of aromatic amines is 1. The molecule has 1 saturated heterocycles. The quantitative estimate of drug-likeness (QED) is 0.790. The minimum Gasteiger partial charge on any atom is -0.338 e. The van der Waals surface area contributed by atoms with Crippen LogP contribution in [0.2, 0.25) is 0 Å². The summed E-state index contributed by atoms with van der Waals surface area (Å²) in [7, 11) is 0. The number of nitrogens with zero attached hydrogens (tertiary/aromatic N) is 3. The Labute approximate surface area is 139 Å². The zero-order valence-corrected chi connectivity index (χ0v) is 13.5. The number of amides is 4. The van der Waals surface area contributed by atoms with E-state index >= 15 is 0 Å². The molecule has 0 radical (unpaired) electrons. The minimum absolute atomic E-state index is 0.0326. The van der Waals surface area contributed by atoms with Gasteiger partial charge in [0.25, 0.3) is 5.91 Å². The van der Waals surface area contributed by atoms with Crippen molar-refractivity contribution in [2.24, 2.45) is 0 Å². The molecule has 3 aliphatic rings. The van der Waals surface area contributed by atoms with E-state index in [2.05, 4.69) is 15.5 Å². The highest BCUT2D eigenvalue weighted by atomic mass is 16.2. The van der Waals surface area contributed by atoms with Gasteiger partial charge in [0.05, 0.1) is 6.20 Å². The number of imide groups is 1. The fraction of sp³-hybridized carbons (Fsp3) is 0.625. The van der Waals surface area contributed by atoms with E-state index in [0.29, 0.717) is 25.9 Å². The second kappa shape index (κ2) is 5.61. The van der Waals surface area contributed by atoms with Crippen LogP contribution in [0.4, 0.5) is 4.79 Å². The number of hydrogen-bond donors (Lipinski definition) is 2. The van der Waals surface area contributed by atoms with Crippen LogP contribution in [0.5, 0.6) is 0 Å². The lowest BCUT2D eigenvalue weighted by Gasteiger charge is -2.27. The molecule has 128 valence electrons. The molecule has 1 aromatic rings. The average Bonchev–Trinajstić information content (AvgIpc) is 3.27. The van der Waals surface area contributed by atoms with Crippen LogP contribution in [-0.4, -0.2) is 56.5 Å². The first-order valence-electron chi connectivity index (χ1n) is 8.52. The molecule has 0 atom stereocenters. The van der Waals surface area contributed by atoms with Crippen LogP contribution in [0.3, 0.4) is 0 Å². The summed E-state index contributed by atoms with van der Waals surface area (Å²) < 4.78 is 0. The van der Waals surface area contributed by atoms with Crippen LogP contribution in [0.1, 0.15) is 43.4 Å². The Morgan fingerprint density at radius 3 is 2.88 bits per heavy atom. The first kappa shape index (κ1) is 15.2. The maximum atomic E-state index is 12.6. The van der Waals surface area contributed by atoms with Crippen LogP contribution in [0.15, 0.2) is 6.20 Å². The third kappa shape index (κ3) is 2.37. The summed E-state index contributed by atoms with van der Waals surface area (Å²) in [4.78, 5) is 40.1. The molecule has 1 spiro atoms. The topological polar surface area (TPSA) is 98.4 Å². The Kier molecular flexibility index (Phi) is 3.54. The molecule has 0 bridgehead atoms. The number of fused-ring (bicyclic) bond motifs is 1. The second-order valence-corrected chi connectivity index (χ2v) is 6.87. The van der Waals surface area contributed by atoms with Crippen molar-refractivity contribution >= 4 is 17.8 Å². The van der Waals surface area contributed by atoms with E-state index in [1.165, 1.54) is 4.90 Å². The predicted octanol–water partition coefficient (Wildman–Crippen LogP) is 0.549. The maximum absolute atomic E-state index is 12.6. The molecular weight excluding hydrogens is 310 g/mol. The molecule has 8 heteroatoms. The molecule has 2 N–H and O–H groups in total. The number of rotatable bonds is 3. The molecule has 24 heavy (non-hydrogen) atoms. The lowest BCUT2D eigenvalue weighted by Crippen LogP contribution is -2.44. The van der Waals surface area contributed by atoms with Crippen molar-refractivity contribution < 1.29 is 14.4 Å². The SMILES string of the molecule is O=C(CCN1C(=O)NC2(CCCC2)C1=O)N1CCc2[nH]ncc2C1. The Morgan fingerprint density at radius 1 is 1.29 bits per heavy atom. The van der Waals surface area contributed by atoms with Crippen LogP contribution in [0.25, 0.3) is 0 Å².